The summed E-state index contributed by atoms with van der Waals surface area (Å²) < 4.78 is 0. The lowest BCUT2D eigenvalue weighted by Crippen LogP contribution is -2.40. The van der Waals surface area contributed by atoms with Gasteiger partial charge in [-0.25, -0.2) is 0 Å². The van der Waals surface area contributed by atoms with E-state index in [4.69, 9.17) is 5.84 Å². The van der Waals surface area contributed by atoms with Crippen molar-refractivity contribution in [3.63, 3.8) is 0 Å². The monoisotopic (exact) mass is 150 g/mol. The van der Waals surface area contributed by atoms with Crippen molar-refractivity contribution >= 4 is 12.4 Å². The van der Waals surface area contributed by atoms with E-state index in [-0.39, 0.29) is 12.4 Å². The van der Waals surface area contributed by atoms with Crippen molar-refractivity contribution in [1.82, 2.24) is 5.43 Å². The molecule has 1 saturated carbocycles. The van der Waals surface area contributed by atoms with Gasteiger partial charge in [0.25, 0.3) is 0 Å². The molecule has 3 heteroatoms. The van der Waals surface area contributed by atoms with Crippen molar-refractivity contribution in [2.75, 3.05) is 6.54 Å². The lowest BCUT2D eigenvalue weighted by atomic mass is 9.71. The Morgan fingerprint density at radius 1 is 1.56 bits per heavy atom. The van der Waals surface area contributed by atoms with Crippen LogP contribution in [0.2, 0.25) is 0 Å². The first-order valence-corrected chi connectivity index (χ1v) is 3.20. The fourth-order valence-corrected chi connectivity index (χ4v) is 1.20. The summed E-state index contributed by atoms with van der Waals surface area (Å²) in [5, 5.41) is 0. The van der Waals surface area contributed by atoms with Gasteiger partial charge in [-0.2, -0.15) is 0 Å². The van der Waals surface area contributed by atoms with Crippen LogP contribution in [0.1, 0.15) is 26.2 Å². The van der Waals surface area contributed by atoms with E-state index in [1.54, 1.807) is 0 Å². The molecule has 1 fully saturated rings. The predicted octanol–water partition coefficient (Wildman–Crippen LogP) is 1.06. The molecule has 0 aliphatic heterocycles. The van der Waals surface area contributed by atoms with Crippen molar-refractivity contribution in [2.24, 2.45) is 11.3 Å². The average Bonchev–Trinajstić information content (AvgIpc) is 1.64. The van der Waals surface area contributed by atoms with E-state index in [1.165, 1.54) is 19.3 Å². The highest BCUT2D eigenvalue weighted by atomic mass is 35.5. The molecule has 1 aliphatic carbocycles. The molecule has 0 aromatic heterocycles. The zero-order chi connectivity index (χ0) is 6.04. The molecule has 9 heavy (non-hydrogen) atoms. The first kappa shape index (κ1) is 9.21. The van der Waals surface area contributed by atoms with Crippen molar-refractivity contribution in [2.45, 2.75) is 26.2 Å². The summed E-state index contributed by atoms with van der Waals surface area (Å²) in [5.74, 6) is 5.17. The van der Waals surface area contributed by atoms with Gasteiger partial charge in [0.05, 0.1) is 0 Å². The molecule has 0 aromatic carbocycles. The largest absolute Gasteiger partial charge is 0.271 e. The van der Waals surface area contributed by atoms with E-state index in [9.17, 15) is 0 Å². The van der Waals surface area contributed by atoms with E-state index in [2.05, 4.69) is 12.3 Å². The van der Waals surface area contributed by atoms with E-state index in [1.807, 2.05) is 0 Å². The third-order valence-corrected chi connectivity index (χ3v) is 2.09. The summed E-state index contributed by atoms with van der Waals surface area (Å²) in [6, 6.07) is 0. The number of hydrogen-bond donors (Lipinski definition) is 2. The van der Waals surface area contributed by atoms with Gasteiger partial charge in [-0.15, -0.1) is 12.4 Å². The second kappa shape index (κ2) is 3.40. The Kier molecular flexibility index (Phi) is 3.48. The second-order valence-corrected chi connectivity index (χ2v) is 3.05. The third-order valence-electron chi connectivity index (χ3n) is 2.09. The molecule has 0 spiro atoms. The average molecular weight is 151 g/mol. The van der Waals surface area contributed by atoms with Gasteiger partial charge in [0, 0.05) is 6.54 Å². The lowest BCUT2D eigenvalue weighted by Gasteiger charge is -2.37. The van der Waals surface area contributed by atoms with Gasteiger partial charge in [-0.05, 0) is 18.3 Å². The minimum absolute atomic E-state index is 0. The fraction of sp³-hybridized carbons (Fsp3) is 1.00. The van der Waals surface area contributed by atoms with Gasteiger partial charge in [0.1, 0.15) is 0 Å². The Labute approximate surface area is 62.6 Å². The van der Waals surface area contributed by atoms with Crippen molar-refractivity contribution in [1.29, 1.82) is 0 Å². The third kappa shape index (κ3) is 2.12. The number of hydrogen-bond acceptors (Lipinski definition) is 2. The van der Waals surface area contributed by atoms with Crippen molar-refractivity contribution in [3.05, 3.63) is 0 Å². The van der Waals surface area contributed by atoms with Crippen LogP contribution < -0.4 is 11.3 Å². The molecule has 3 N–H and O–H groups in total. The Balaban J connectivity index is 0.000000640. The summed E-state index contributed by atoms with van der Waals surface area (Å²) in [6.07, 6.45) is 4.08. The number of rotatable bonds is 2. The summed E-state index contributed by atoms with van der Waals surface area (Å²) >= 11 is 0. The van der Waals surface area contributed by atoms with Gasteiger partial charge < -0.3 is 0 Å². The summed E-state index contributed by atoms with van der Waals surface area (Å²) in [5.41, 5.74) is 3.25. The van der Waals surface area contributed by atoms with Gasteiger partial charge >= 0.3 is 0 Å². The summed E-state index contributed by atoms with van der Waals surface area (Å²) in [4.78, 5) is 0. The topological polar surface area (TPSA) is 38.0 Å². The van der Waals surface area contributed by atoms with Crippen LogP contribution in [0.5, 0.6) is 0 Å². The van der Waals surface area contributed by atoms with Crippen LogP contribution in [0.25, 0.3) is 0 Å². The highest BCUT2D eigenvalue weighted by Gasteiger charge is 2.30. The Hall–Kier alpha value is 0.210. The molecule has 0 aromatic rings. The molecule has 0 bridgehead atoms. The lowest BCUT2D eigenvalue weighted by molar-refractivity contribution is 0.157. The highest BCUT2D eigenvalue weighted by Crippen LogP contribution is 2.39. The molecule has 1 rings (SSSR count). The SMILES string of the molecule is CC1(CNN)CCC1.Cl. The molecule has 0 atom stereocenters. The smallest absolute Gasteiger partial charge is 0.0151 e. The Bertz CT molecular complexity index is 81.1. The molecule has 0 saturated heterocycles. The van der Waals surface area contributed by atoms with E-state index in [0.717, 1.165) is 6.54 Å². The first-order valence-electron chi connectivity index (χ1n) is 3.20. The minimum Gasteiger partial charge on any atom is -0.271 e. The second-order valence-electron chi connectivity index (χ2n) is 3.05. The van der Waals surface area contributed by atoms with Gasteiger partial charge in [-0.1, -0.05) is 13.3 Å². The summed E-state index contributed by atoms with van der Waals surface area (Å²) in [7, 11) is 0. The maximum atomic E-state index is 5.17. The summed E-state index contributed by atoms with van der Waals surface area (Å²) in [6.45, 7) is 3.25. The fourth-order valence-electron chi connectivity index (χ4n) is 1.20. The molecule has 2 nitrogen and oxygen atoms in total. The number of halogens is 1. The standard InChI is InChI=1S/C6H14N2.ClH/c1-6(5-8-7)3-2-4-6;/h8H,2-5,7H2,1H3;1H. The van der Waals surface area contributed by atoms with Crippen molar-refractivity contribution < 1.29 is 0 Å². The molecule has 0 heterocycles. The quantitative estimate of drug-likeness (QED) is 0.457. The van der Waals surface area contributed by atoms with Crippen LogP contribution >= 0.6 is 12.4 Å². The maximum Gasteiger partial charge on any atom is 0.0151 e. The van der Waals surface area contributed by atoms with Gasteiger partial charge in [0.15, 0.2) is 0 Å². The molecule has 0 amide bonds. The van der Waals surface area contributed by atoms with Crippen LogP contribution in [0.15, 0.2) is 0 Å². The van der Waals surface area contributed by atoms with Crippen LogP contribution in [-0.4, -0.2) is 6.54 Å². The normalized spacial score (nSPS) is 22.0. The molecular formula is C6H15ClN2. The number of hydrazine groups is 1. The molecule has 0 unspecified atom stereocenters. The van der Waals surface area contributed by atoms with E-state index >= 15 is 0 Å². The van der Waals surface area contributed by atoms with Gasteiger partial charge in [-0.3, -0.25) is 11.3 Å². The maximum absolute atomic E-state index is 5.17. The predicted molar refractivity (Wildman–Crippen MR) is 41.4 cm³/mol. The zero-order valence-corrected chi connectivity index (χ0v) is 6.63. The Morgan fingerprint density at radius 3 is 2.22 bits per heavy atom. The van der Waals surface area contributed by atoms with E-state index in [0.29, 0.717) is 5.41 Å². The number of nitrogens with two attached hydrogens (primary N) is 1. The highest BCUT2D eigenvalue weighted by molar-refractivity contribution is 5.85. The molecule has 56 valence electrons. The molecule has 0 radical (unpaired) electrons. The van der Waals surface area contributed by atoms with Crippen LogP contribution in [0.4, 0.5) is 0 Å². The molecular weight excluding hydrogens is 136 g/mol. The molecule has 1 aliphatic rings. The van der Waals surface area contributed by atoms with Crippen LogP contribution in [0.3, 0.4) is 0 Å². The zero-order valence-electron chi connectivity index (χ0n) is 5.81. The Morgan fingerprint density at radius 2 is 2.11 bits per heavy atom. The van der Waals surface area contributed by atoms with Crippen molar-refractivity contribution in [3.8, 4) is 0 Å². The minimum atomic E-state index is 0. The number of nitrogens with one attached hydrogen (secondary N) is 1. The van der Waals surface area contributed by atoms with Crippen LogP contribution in [-0.2, 0) is 0 Å². The van der Waals surface area contributed by atoms with Crippen LogP contribution in [0, 0.1) is 5.41 Å². The first-order chi connectivity index (χ1) is 3.77. The van der Waals surface area contributed by atoms with E-state index < -0.39 is 0 Å². The van der Waals surface area contributed by atoms with Gasteiger partial charge in [0.2, 0.25) is 0 Å².